The average molecular weight is 252 g/mol. The highest BCUT2D eigenvalue weighted by Gasteiger charge is 2.20. The normalized spacial score (nSPS) is 23.7. The molecule has 0 bridgehead atoms. The minimum atomic E-state index is -0.646. The molecule has 98 valence electrons. The highest BCUT2D eigenvalue weighted by atomic mass is 19.1. The third-order valence-corrected chi connectivity index (χ3v) is 3.30. The van der Waals surface area contributed by atoms with E-state index >= 15 is 0 Å². The van der Waals surface area contributed by atoms with E-state index in [4.69, 9.17) is 5.73 Å². The predicted octanol–water partition coefficient (Wildman–Crippen LogP) is 1.64. The van der Waals surface area contributed by atoms with Gasteiger partial charge in [0.1, 0.15) is 5.82 Å². The van der Waals surface area contributed by atoms with Gasteiger partial charge in [-0.1, -0.05) is 0 Å². The lowest BCUT2D eigenvalue weighted by Gasteiger charge is -2.27. The van der Waals surface area contributed by atoms with Crippen LogP contribution in [-0.4, -0.2) is 23.2 Å². The largest absolute Gasteiger partial charge is 0.393 e. The Morgan fingerprint density at radius 3 is 2.61 bits per heavy atom. The number of nitrogens with one attached hydrogen (secondary N) is 1. The van der Waals surface area contributed by atoms with Crippen LogP contribution in [0.1, 0.15) is 36.0 Å². The maximum atomic E-state index is 13.1. The summed E-state index contributed by atoms with van der Waals surface area (Å²) in [5, 5.41) is 12.6. The maximum Gasteiger partial charge on any atom is 0.250 e. The zero-order chi connectivity index (χ0) is 13.1. The van der Waals surface area contributed by atoms with E-state index in [9.17, 15) is 14.3 Å². The Hall–Kier alpha value is -1.62. The Morgan fingerprint density at radius 1 is 1.33 bits per heavy atom. The van der Waals surface area contributed by atoms with Crippen molar-refractivity contribution in [1.82, 2.24) is 0 Å². The van der Waals surface area contributed by atoms with Crippen molar-refractivity contribution in [1.29, 1.82) is 0 Å². The molecule has 1 saturated carbocycles. The SMILES string of the molecule is NC(=O)c1cc(F)ccc1NC1CCC(O)CC1. The van der Waals surface area contributed by atoms with E-state index in [1.165, 1.54) is 12.1 Å². The average Bonchev–Trinajstić information content (AvgIpc) is 2.34. The van der Waals surface area contributed by atoms with Crippen LogP contribution in [0.25, 0.3) is 0 Å². The summed E-state index contributed by atoms with van der Waals surface area (Å²) in [5.41, 5.74) is 5.95. The van der Waals surface area contributed by atoms with E-state index in [0.29, 0.717) is 5.69 Å². The number of benzene rings is 1. The van der Waals surface area contributed by atoms with E-state index in [0.717, 1.165) is 31.7 Å². The van der Waals surface area contributed by atoms with Gasteiger partial charge in [0.15, 0.2) is 0 Å². The number of hydrogen-bond donors (Lipinski definition) is 3. The molecule has 0 saturated heterocycles. The van der Waals surface area contributed by atoms with Gasteiger partial charge in [0.05, 0.1) is 11.7 Å². The molecule has 0 atom stereocenters. The summed E-state index contributed by atoms with van der Waals surface area (Å²) >= 11 is 0. The van der Waals surface area contributed by atoms with Crippen LogP contribution in [-0.2, 0) is 0 Å². The van der Waals surface area contributed by atoms with Crippen molar-refractivity contribution in [2.45, 2.75) is 37.8 Å². The number of nitrogens with two attached hydrogens (primary N) is 1. The van der Waals surface area contributed by atoms with E-state index in [1.807, 2.05) is 0 Å². The molecule has 0 aromatic heterocycles. The molecule has 0 aliphatic heterocycles. The van der Waals surface area contributed by atoms with E-state index in [-0.39, 0.29) is 17.7 Å². The minimum absolute atomic E-state index is 0.168. The van der Waals surface area contributed by atoms with Crippen LogP contribution in [0, 0.1) is 5.82 Å². The molecular formula is C13H17FN2O2. The van der Waals surface area contributed by atoms with Crippen LogP contribution < -0.4 is 11.1 Å². The lowest BCUT2D eigenvalue weighted by molar-refractivity contribution is 0.1000. The van der Waals surface area contributed by atoms with Crippen LogP contribution >= 0.6 is 0 Å². The lowest BCUT2D eigenvalue weighted by Crippen LogP contribution is -2.29. The molecule has 1 aromatic rings. The summed E-state index contributed by atoms with van der Waals surface area (Å²) in [6.45, 7) is 0. The van der Waals surface area contributed by atoms with Gasteiger partial charge in [0, 0.05) is 11.7 Å². The predicted molar refractivity (Wildman–Crippen MR) is 66.8 cm³/mol. The van der Waals surface area contributed by atoms with Gasteiger partial charge in [-0.2, -0.15) is 0 Å². The molecule has 4 nitrogen and oxygen atoms in total. The molecule has 18 heavy (non-hydrogen) atoms. The summed E-state index contributed by atoms with van der Waals surface area (Å²) in [4.78, 5) is 11.2. The van der Waals surface area contributed by atoms with E-state index in [2.05, 4.69) is 5.32 Å². The Balaban J connectivity index is 2.11. The fourth-order valence-electron chi connectivity index (χ4n) is 2.29. The number of amides is 1. The van der Waals surface area contributed by atoms with Gasteiger partial charge in [-0.15, -0.1) is 0 Å². The topological polar surface area (TPSA) is 75.4 Å². The highest BCUT2D eigenvalue weighted by Crippen LogP contribution is 2.24. The standard InChI is InChI=1S/C13H17FN2O2/c14-8-1-6-12(11(7-8)13(15)18)16-9-2-4-10(17)5-3-9/h1,6-7,9-10,16-17H,2-5H2,(H2,15,18). The summed E-state index contributed by atoms with van der Waals surface area (Å²) in [6, 6.07) is 4.16. The number of hydrogen-bond acceptors (Lipinski definition) is 3. The minimum Gasteiger partial charge on any atom is -0.393 e. The zero-order valence-corrected chi connectivity index (χ0v) is 10.0. The second-order valence-corrected chi connectivity index (χ2v) is 4.70. The molecular weight excluding hydrogens is 235 g/mol. The molecule has 1 aromatic carbocycles. The fourth-order valence-corrected chi connectivity index (χ4v) is 2.29. The lowest BCUT2D eigenvalue weighted by atomic mass is 9.93. The van der Waals surface area contributed by atoms with Crippen LogP contribution in [0.4, 0.5) is 10.1 Å². The molecule has 5 heteroatoms. The summed E-state index contributed by atoms with van der Waals surface area (Å²) in [6.07, 6.45) is 2.91. The van der Waals surface area contributed by atoms with Crippen molar-refractivity contribution in [3.63, 3.8) is 0 Å². The van der Waals surface area contributed by atoms with Crippen molar-refractivity contribution in [2.24, 2.45) is 5.73 Å². The first-order valence-electron chi connectivity index (χ1n) is 6.10. The number of anilines is 1. The second kappa shape index (κ2) is 5.35. The quantitative estimate of drug-likeness (QED) is 0.765. The Kier molecular flexibility index (Phi) is 3.81. The van der Waals surface area contributed by atoms with Crippen LogP contribution in [0.2, 0.25) is 0 Å². The monoisotopic (exact) mass is 252 g/mol. The fraction of sp³-hybridized carbons (Fsp3) is 0.462. The third-order valence-electron chi connectivity index (χ3n) is 3.30. The van der Waals surface area contributed by atoms with Crippen LogP contribution in [0.15, 0.2) is 18.2 Å². The molecule has 1 aliphatic carbocycles. The number of primary amides is 1. The summed E-state index contributed by atoms with van der Waals surface area (Å²) in [7, 11) is 0. The van der Waals surface area contributed by atoms with Gasteiger partial charge in [-0.3, -0.25) is 4.79 Å². The van der Waals surface area contributed by atoms with Crippen molar-refractivity contribution >= 4 is 11.6 Å². The molecule has 1 aliphatic rings. The summed E-state index contributed by atoms with van der Waals surface area (Å²) in [5.74, 6) is -1.12. The van der Waals surface area contributed by atoms with Crippen molar-refractivity contribution in [3.05, 3.63) is 29.6 Å². The maximum absolute atomic E-state index is 13.1. The second-order valence-electron chi connectivity index (χ2n) is 4.70. The highest BCUT2D eigenvalue weighted by molar-refractivity contribution is 5.98. The van der Waals surface area contributed by atoms with Crippen molar-refractivity contribution in [3.8, 4) is 0 Å². The van der Waals surface area contributed by atoms with E-state index < -0.39 is 11.7 Å². The number of carbonyl (C=O) groups is 1. The Morgan fingerprint density at radius 2 is 2.00 bits per heavy atom. The molecule has 0 spiro atoms. The Bertz CT molecular complexity index is 443. The van der Waals surface area contributed by atoms with Crippen molar-refractivity contribution < 1.29 is 14.3 Å². The molecule has 4 N–H and O–H groups in total. The van der Waals surface area contributed by atoms with Gasteiger partial charge >= 0.3 is 0 Å². The molecule has 1 fully saturated rings. The molecule has 2 rings (SSSR count). The first-order valence-corrected chi connectivity index (χ1v) is 6.10. The number of carbonyl (C=O) groups excluding carboxylic acids is 1. The Labute approximate surface area is 105 Å². The smallest absolute Gasteiger partial charge is 0.250 e. The van der Waals surface area contributed by atoms with Gasteiger partial charge in [-0.05, 0) is 43.9 Å². The molecule has 0 unspecified atom stereocenters. The number of halogens is 1. The van der Waals surface area contributed by atoms with Crippen LogP contribution in [0.5, 0.6) is 0 Å². The van der Waals surface area contributed by atoms with Gasteiger partial charge in [-0.25, -0.2) is 4.39 Å². The van der Waals surface area contributed by atoms with Gasteiger partial charge in [0.25, 0.3) is 5.91 Å². The first-order chi connectivity index (χ1) is 8.56. The number of rotatable bonds is 3. The summed E-state index contributed by atoms with van der Waals surface area (Å²) < 4.78 is 13.1. The number of aliphatic hydroxyl groups excluding tert-OH is 1. The van der Waals surface area contributed by atoms with Gasteiger partial charge in [0.2, 0.25) is 0 Å². The van der Waals surface area contributed by atoms with E-state index in [1.54, 1.807) is 0 Å². The molecule has 0 heterocycles. The first kappa shape index (κ1) is 12.8. The third kappa shape index (κ3) is 2.98. The molecule has 1 amide bonds. The van der Waals surface area contributed by atoms with Crippen LogP contribution in [0.3, 0.4) is 0 Å². The molecule has 0 radical (unpaired) electrons. The van der Waals surface area contributed by atoms with Crippen molar-refractivity contribution in [2.75, 3.05) is 5.32 Å². The zero-order valence-electron chi connectivity index (χ0n) is 10.0. The number of aliphatic hydroxyl groups is 1. The van der Waals surface area contributed by atoms with Gasteiger partial charge < -0.3 is 16.2 Å².